The average molecular weight is 828 g/mol. The molecule has 0 aliphatic carbocycles. The molecule has 6 nitrogen and oxygen atoms in total. The first-order valence-electron chi connectivity index (χ1n) is 15.8. The molecule has 0 saturated carbocycles. The number of benzene rings is 4. The first-order valence-corrected chi connectivity index (χ1v) is 17.5. The number of hydrogen-bond acceptors (Lipinski definition) is 4. The van der Waals surface area contributed by atoms with Crippen LogP contribution in [0, 0.1) is 0 Å². The van der Waals surface area contributed by atoms with Gasteiger partial charge in [0.05, 0.1) is 11.4 Å². The molecule has 0 radical (unpaired) electrons. The molecule has 0 aliphatic rings. The van der Waals surface area contributed by atoms with E-state index in [0.29, 0.717) is 11.4 Å². The number of fused-ring (bicyclic) bond motifs is 2. The van der Waals surface area contributed by atoms with Crippen LogP contribution in [0.5, 0.6) is 0 Å². The Labute approximate surface area is 314 Å². The average Bonchev–Trinajstić information content (AvgIpc) is 3.87. The van der Waals surface area contributed by atoms with Gasteiger partial charge < -0.3 is 0 Å². The monoisotopic (exact) mass is 828 g/mol. The molecule has 14 heteroatoms. The molecule has 4 aromatic carbocycles. The van der Waals surface area contributed by atoms with Crippen molar-refractivity contribution in [3.63, 3.8) is 0 Å². The van der Waals surface area contributed by atoms with Crippen LogP contribution in [0.25, 0.3) is 44.3 Å². The van der Waals surface area contributed by atoms with Gasteiger partial charge in [-0.3, -0.25) is 20.2 Å². The van der Waals surface area contributed by atoms with E-state index in [1.165, 1.54) is 10.6 Å². The summed E-state index contributed by atoms with van der Waals surface area (Å²) in [7, 11) is -0.171. The minimum absolute atomic E-state index is 0. The number of aromatic nitrogens is 6. The van der Waals surface area contributed by atoms with Crippen molar-refractivity contribution in [2.45, 2.75) is 12.4 Å². The van der Waals surface area contributed by atoms with Crippen LogP contribution in [0.3, 0.4) is 0 Å². The Kier molecular flexibility index (Phi) is 12.5. The van der Waals surface area contributed by atoms with Gasteiger partial charge in [-0.1, -0.05) is 109 Å². The fraction of sp³-hybridized carbons (Fsp3) is 0.0769. The van der Waals surface area contributed by atoms with Gasteiger partial charge in [0.1, 0.15) is 22.8 Å². The van der Waals surface area contributed by atoms with Crippen molar-refractivity contribution in [3.8, 4) is 22.8 Å². The zero-order valence-electron chi connectivity index (χ0n) is 27.7. The Bertz CT molecular complexity index is 2200. The number of hydrogen-bond donors (Lipinski definition) is 2. The largest absolute Gasteiger partial charge is 0.432 e. The van der Waals surface area contributed by atoms with Crippen LogP contribution in [0.1, 0.15) is 11.4 Å². The SMILES string of the molecule is CP(c1ccccc1)c1ccccc1.FC(F)(F)c1cc(-c2nccc3ccccc23)n[nH]1.FC(F)(F)c1cc(-c2nccc3ccccc23)n[nH]1.[Ru]. The Balaban J connectivity index is 0.000000154. The maximum atomic E-state index is 12.5. The van der Waals surface area contributed by atoms with Crippen molar-refractivity contribution in [2.75, 3.05) is 6.66 Å². The molecule has 0 saturated heterocycles. The fourth-order valence-electron chi connectivity index (χ4n) is 5.28. The Morgan fingerprint density at radius 3 is 1.21 bits per heavy atom. The molecule has 0 unspecified atom stereocenters. The molecule has 8 aromatic rings. The summed E-state index contributed by atoms with van der Waals surface area (Å²) in [6, 6.07) is 41.6. The van der Waals surface area contributed by atoms with Crippen molar-refractivity contribution in [3.05, 3.63) is 157 Å². The number of rotatable bonds is 4. The summed E-state index contributed by atoms with van der Waals surface area (Å²) < 4.78 is 75.2. The van der Waals surface area contributed by atoms with E-state index < -0.39 is 23.7 Å². The Morgan fingerprint density at radius 1 is 0.491 bits per heavy atom. The first kappa shape index (κ1) is 39.0. The quantitative estimate of drug-likeness (QED) is 0.105. The maximum Gasteiger partial charge on any atom is 0.432 e. The van der Waals surface area contributed by atoms with Crippen molar-refractivity contribution in [1.82, 2.24) is 30.4 Å². The van der Waals surface area contributed by atoms with E-state index in [-0.39, 0.29) is 38.8 Å². The minimum Gasteiger partial charge on any atom is -0.273 e. The van der Waals surface area contributed by atoms with Gasteiger partial charge >= 0.3 is 12.4 Å². The molecule has 0 amide bonds. The van der Waals surface area contributed by atoms with Crippen molar-refractivity contribution in [2.24, 2.45) is 0 Å². The summed E-state index contributed by atoms with van der Waals surface area (Å²) in [6.45, 7) is 2.31. The number of H-pyrrole nitrogens is 2. The predicted octanol–water partition coefficient (Wildman–Crippen LogP) is 10.0. The number of nitrogens with zero attached hydrogens (tertiary/aromatic N) is 4. The first-order chi connectivity index (χ1) is 25.0. The molecule has 0 atom stereocenters. The summed E-state index contributed by atoms with van der Waals surface area (Å²) in [5, 5.41) is 17.6. The number of aromatic amines is 2. The predicted molar refractivity (Wildman–Crippen MR) is 194 cm³/mol. The van der Waals surface area contributed by atoms with E-state index in [0.717, 1.165) is 33.7 Å². The second kappa shape index (κ2) is 17.1. The molecule has 53 heavy (non-hydrogen) atoms. The van der Waals surface area contributed by atoms with E-state index in [4.69, 9.17) is 0 Å². The Morgan fingerprint density at radius 2 is 0.849 bits per heavy atom. The molecule has 4 aromatic heterocycles. The normalized spacial score (nSPS) is 11.3. The second-order valence-corrected chi connectivity index (χ2v) is 13.5. The van der Waals surface area contributed by atoms with E-state index in [1.807, 2.05) is 46.6 Å². The summed E-state index contributed by atoms with van der Waals surface area (Å²) in [6.07, 6.45) is -5.76. The fourth-order valence-corrected chi connectivity index (χ4v) is 6.81. The number of nitrogens with one attached hydrogen (secondary N) is 2. The molecule has 270 valence electrons. The molecule has 0 fully saturated rings. The summed E-state index contributed by atoms with van der Waals surface area (Å²) in [5.41, 5.74) is -0.516. The van der Waals surface area contributed by atoms with Gasteiger partial charge in [-0.05, 0) is 60.2 Å². The zero-order valence-corrected chi connectivity index (χ0v) is 30.3. The standard InChI is InChI=1S/2C13H8F3N3.C13H13P.Ru/c2*14-13(15,16)11-7-10(18-19-11)12-9-4-2-1-3-8(9)5-6-17-12;1-14(12-8-4-2-5-9-12)13-10-6-3-7-11-13;/h2*1-7H,(H,18,19);2-11H,1H3;. The summed E-state index contributed by atoms with van der Waals surface area (Å²) >= 11 is 0. The van der Waals surface area contributed by atoms with Gasteiger partial charge in [-0.15, -0.1) is 0 Å². The second-order valence-electron chi connectivity index (χ2n) is 11.3. The van der Waals surface area contributed by atoms with Crippen LogP contribution in [0.15, 0.2) is 146 Å². The molecule has 0 aliphatic heterocycles. The zero-order chi connectivity index (χ0) is 36.7. The third-order valence-corrected chi connectivity index (χ3v) is 10.0. The van der Waals surface area contributed by atoms with E-state index in [2.05, 4.69) is 87.5 Å². The van der Waals surface area contributed by atoms with E-state index >= 15 is 0 Å². The number of halogens is 6. The molecular formula is C39H29F6N6PRu. The van der Waals surface area contributed by atoms with Crippen LogP contribution in [-0.2, 0) is 31.8 Å². The van der Waals surface area contributed by atoms with E-state index in [1.54, 1.807) is 36.7 Å². The maximum absolute atomic E-state index is 12.5. The molecule has 2 N–H and O–H groups in total. The van der Waals surface area contributed by atoms with Gasteiger partial charge in [0.15, 0.2) is 0 Å². The van der Waals surface area contributed by atoms with E-state index in [9.17, 15) is 26.3 Å². The summed E-state index contributed by atoms with van der Waals surface area (Å²) in [5.74, 6) is 0. The molecular weight excluding hydrogens is 799 g/mol. The van der Waals surface area contributed by atoms with Crippen molar-refractivity contribution in [1.29, 1.82) is 0 Å². The van der Waals surface area contributed by atoms with Gasteiger partial charge in [0.25, 0.3) is 0 Å². The van der Waals surface area contributed by atoms with Crippen LogP contribution in [0.4, 0.5) is 26.3 Å². The Hall–Kier alpha value is -5.25. The smallest absolute Gasteiger partial charge is 0.273 e. The molecule has 0 bridgehead atoms. The minimum atomic E-state index is -4.43. The third kappa shape index (κ3) is 9.60. The van der Waals surface area contributed by atoms with Crippen molar-refractivity contribution >= 4 is 40.1 Å². The van der Waals surface area contributed by atoms with Gasteiger partial charge in [-0.25, -0.2) is 0 Å². The van der Waals surface area contributed by atoms with Gasteiger partial charge in [0, 0.05) is 42.6 Å². The number of pyridine rings is 2. The van der Waals surface area contributed by atoms with Crippen LogP contribution < -0.4 is 10.6 Å². The van der Waals surface area contributed by atoms with Gasteiger partial charge in [0.2, 0.25) is 0 Å². The van der Waals surface area contributed by atoms with Crippen LogP contribution in [0.2, 0.25) is 0 Å². The van der Waals surface area contributed by atoms with Gasteiger partial charge in [-0.2, -0.15) is 36.5 Å². The molecule has 0 spiro atoms. The van der Waals surface area contributed by atoms with Crippen LogP contribution >= 0.6 is 7.92 Å². The number of alkyl halides is 6. The molecule has 4 heterocycles. The topological polar surface area (TPSA) is 83.1 Å². The third-order valence-electron chi connectivity index (χ3n) is 7.89. The molecule has 8 rings (SSSR count). The van der Waals surface area contributed by atoms with Crippen LogP contribution in [-0.4, -0.2) is 37.0 Å². The van der Waals surface area contributed by atoms with Crippen molar-refractivity contribution < 1.29 is 45.8 Å². The summed E-state index contributed by atoms with van der Waals surface area (Å²) in [4.78, 5) is 8.25.